The molecule has 5 nitrogen and oxygen atoms in total. The number of carbonyl (C=O) groups is 2. The fourth-order valence-electron chi connectivity index (χ4n) is 2.94. The number of carbonyl (C=O) groups excluding carboxylic acids is 2. The van der Waals surface area contributed by atoms with E-state index in [0.29, 0.717) is 18.0 Å². The lowest BCUT2D eigenvalue weighted by Crippen LogP contribution is -2.47. The highest BCUT2D eigenvalue weighted by Crippen LogP contribution is 2.17. The van der Waals surface area contributed by atoms with E-state index in [0.717, 1.165) is 13.1 Å². The Bertz CT molecular complexity index is 562. The summed E-state index contributed by atoms with van der Waals surface area (Å²) < 4.78 is 12.8. The van der Waals surface area contributed by atoms with Gasteiger partial charge in [-0.1, -0.05) is 6.92 Å². The molecule has 1 aromatic carbocycles. The van der Waals surface area contributed by atoms with Gasteiger partial charge in [-0.25, -0.2) is 4.39 Å². The molecule has 0 spiro atoms. The van der Waals surface area contributed by atoms with Crippen molar-refractivity contribution in [2.45, 2.75) is 32.7 Å². The standard InChI is InChI=1S/C18H26FN3O2/c1-13-4-3-9-22(12-13)14(2)10-20-17(23)11-21-18(24)15-5-7-16(19)8-6-15/h5-8,13-14H,3-4,9-12H2,1-2H3,(H,20,23)(H,21,24)/t13-,14+/m0/s1. The van der Waals surface area contributed by atoms with Gasteiger partial charge in [0, 0.05) is 24.7 Å². The monoisotopic (exact) mass is 335 g/mol. The SMILES string of the molecule is C[C@H]1CCCN([C@H](C)CNC(=O)CNC(=O)c2ccc(F)cc2)C1. The number of nitrogens with zero attached hydrogens (tertiary/aromatic N) is 1. The van der Waals surface area contributed by atoms with Crippen LogP contribution in [0.5, 0.6) is 0 Å². The molecule has 24 heavy (non-hydrogen) atoms. The van der Waals surface area contributed by atoms with E-state index in [4.69, 9.17) is 0 Å². The number of likely N-dealkylation sites (tertiary alicyclic amines) is 1. The first-order valence-corrected chi connectivity index (χ1v) is 8.50. The Balaban J connectivity index is 1.69. The van der Waals surface area contributed by atoms with Crippen LogP contribution in [0.3, 0.4) is 0 Å². The van der Waals surface area contributed by atoms with Crippen LogP contribution in [0.1, 0.15) is 37.0 Å². The fraction of sp³-hybridized carbons (Fsp3) is 0.556. The molecule has 1 aliphatic rings. The third kappa shape index (κ3) is 5.60. The lowest BCUT2D eigenvalue weighted by molar-refractivity contribution is -0.120. The minimum atomic E-state index is -0.398. The summed E-state index contributed by atoms with van der Waals surface area (Å²) in [7, 11) is 0. The first-order chi connectivity index (χ1) is 11.5. The zero-order valence-electron chi connectivity index (χ0n) is 14.3. The minimum Gasteiger partial charge on any atom is -0.353 e. The van der Waals surface area contributed by atoms with E-state index < -0.39 is 5.82 Å². The van der Waals surface area contributed by atoms with Crippen molar-refractivity contribution in [3.8, 4) is 0 Å². The van der Waals surface area contributed by atoms with Gasteiger partial charge < -0.3 is 10.6 Å². The average molecular weight is 335 g/mol. The van der Waals surface area contributed by atoms with E-state index in [1.165, 1.54) is 37.1 Å². The second-order valence-corrected chi connectivity index (χ2v) is 6.59. The maximum Gasteiger partial charge on any atom is 0.251 e. The van der Waals surface area contributed by atoms with Crippen molar-refractivity contribution in [1.29, 1.82) is 0 Å². The van der Waals surface area contributed by atoms with Crippen LogP contribution in [0.4, 0.5) is 4.39 Å². The van der Waals surface area contributed by atoms with Crippen molar-refractivity contribution in [2.75, 3.05) is 26.2 Å². The molecule has 1 saturated heterocycles. The first kappa shape index (κ1) is 18.4. The summed E-state index contributed by atoms with van der Waals surface area (Å²) in [6, 6.07) is 5.50. The van der Waals surface area contributed by atoms with Gasteiger partial charge in [0.2, 0.25) is 5.91 Å². The van der Waals surface area contributed by atoms with Crippen molar-refractivity contribution >= 4 is 11.8 Å². The zero-order valence-corrected chi connectivity index (χ0v) is 14.3. The van der Waals surface area contributed by atoms with Gasteiger partial charge in [0.05, 0.1) is 6.54 Å². The highest BCUT2D eigenvalue weighted by molar-refractivity contribution is 5.96. The van der Waals surface area contributed by atoms with Crippen LogP contribution in [0.15, 0.2) is 24.3 Å². The second-order valence-electron chi connectivity index (χ2n) is 6.59. The van der Waals surface area contributed by atoms with Crippen LogP contribution >= 0.6 is 0 Å². The fourth-order valence-corrected chi connectivity index (χ4v) is 2.94. The van der Waals surface area contributed by atoms with Gasteiger partial charge >= 0.3 is 0 Å². The summed E-state index contributed by atoms with van der Waals surface area (Å²) >= 11 is 0. The van der Waals surface area contributed by atoms with E-state index in [1.54, 1.807) is 0 Å². The predicted molar refractivity (Wildman–Crippen MR) is 91.2 cm³/mol. The molecular weight excluding hydrogens is 309 g/mol. The first-order valence-electron chi connectivity index (χ1n) is 8.50. The molecule has 132 valence electrons. The molecule has 1 aliphatic heterocycles. The smallest absolute Gasteiger partial charge is 0.251 e. The van der Waals surface area contributed by atoms with Gasteiger partial charge in [-0.2, -0.15) is 0 Å². The van der Waals surface area contributed by atoms with Gasteiger partial charge in [-0.05, 0) is 56.5 Å². The van der Waals surface area contributed by atoms with Gasteiger partial charge in [-0.3, -0.25) is 14.5 Å². The summed E-state index contributed by atoms with van der Waals surface area (Å²) in [5.41, 5.74) is 0.333. The molecule has 2 rings (SSSR count). The Kier molecular flexibility index (Phi) is 6.73. The predicted octanol–water partition coefficient (Wildman–Crippen LogP) is 1.79. The number of piperidine rings is 1. The Morgan fingerprint density at radius 1 is 1.29 bits per heavy atom. The van der Waals surface area contributed by atoms with Crippen molar-refractivity contribution in [3.05, 3.63) is 35.6 Å². The molecule has 0 aromatic heterocycles. The van der Waals surface area contributed by atoms with E-state index in [9.17, 15) is 14.0 Å². The van der Waals surface area contributed by atoms with E-state index in [2.05, 4.69) is 29.4 Å². The van der Waals surface area contributed by atoms with Gasteiger partial charge in [0.15, 0.2) is 0 Å². The average Bonchev–Trinajstić information content (AvgIpc) is 2.58. The number of halogens is 1. The maximum atomic E-state index is 12.8. The number of benzene rings is 1. The summed E-state index contributed by atoms with van der Waals surface area (Å²) in [6.07, 6.45) is 2.47. The van der Waals surface area contributed by atoms with Crippen molar-refractivity contribution < 1.29 is 14.0 Å². The number of amides is 2. The molecule has 2 N–H and O–H groups in total. The molecule has 1 heterocycles. The van der Waals surface area contributed by atoms with E-state index in [-0.39, 0.29) is 24.4 Å². The molecule has 0 unspecified atom stereocenters. The third-order valence-electron chi connectivity index (χ3n) is 4.42. The zero-order chi connectivity index (χ0) is 17.5. The summed E-state index contributed by atoms with van der Waals surface area (Å²) in [5.74, 6) is -0.303. The molecule has 0 saturated carbocycles. The molecular formula is C18H26FN3O2. The second kappa shape index (κ2) is 8.78. The molecule has 0 bridgehead atoms. The molecule has 0 aliphatic carbocycles. The Morgan fingerprint density at radius 2 is 2.00 bits per heavy atom. The molecule has 2 amide bonds. The molecule has 1 aromatic rings. The van der Waals surface area contributed by atoms with Gasteiger partial charge in [-0.15, -0.1) is 0 Å². The maximum absolute atomic E-state index is 12.8. The van der Waals surface area contributed by atoms with Crippen LogP contribution < -0.4 is 10.6 Å². The van der Waals surface area contributed by atoms with Crippen LogP contribution in [0, 0.1) is 11.7 Å². The van der Waals surface area contributed by atoms with Gasteiger partial charge in [0.25, 0.3) is 5.91 Å². The van der Waals surface area contributed by atoms with Crippen molar-refractivity contribution in [3.63, 3.8) is 0 Å². The van der Waals surface area contributed by atoms with E-state index in [1.807, 2.05) is 0 Å². The summed E-state index contributed by atoms with van der Waals surface area (Å²) in [6.45, 7) is 6.98. The third-order valence-corrected chi connectivity index (χ3v) is 4.42. The van der Waals surface area contributed by atoms with Crippen molar-refractivity contribution in [2.24, 2.45) is 5.92 Å². The normalized spacial score (nSPS) is 19.5. The Labute approximate surface area is 142 Å². The number of rotatable bonds is 6. The summed E-state index contributed by atoms with van der Waals surface area (Å²) in [5, 5.41) is 5.40. The van der Waals surface area contributed by atoms with E-state index >= 15 is 0 Å². The lowest BCUT2D eigenvalue weighted by atomic mass is 9.99. The Morgan fingerprint density at radius 3 is 2.67 bits per heavy atom. The molecule has 0 radical (unpaired) electrons. The quantitative estimate of drug-likeness (QED) is 0.833. The van der Waals surface area contributed by atoms with Crippen LogP contribution in [0.25, 0.3) is 0 Å². The van der Waals surface area contributed by atoms with Crippen LogP contribution in [-0.2, 0) is 4.79 Å². The highest BCUT2D eigenvalue weighted by atomic mass is 19.1. The topological polar surface area (TPSA) is 61.4 Å². The summed E-state index contributed by atoms with van der Waals surface area (Å²) in [4.78, 5) is 26.1. The largest absolute Gasteiger partial charge is 0.353 e. The molecule has 1 fully saturated rings. The van der Waals surface area contributed by atoms with Gasteiger partial charge in [0.1, 0.15) is 5.82 Å². The molecule has 6 heteroatoms. The number of hydrogen-bond donors (Lipinski definition) is 2. The lowest BCUT2D eigenvalue weighted by Gasteiger charge is -2.35. The highest BCUT2D eigenvalue weighted by Gasteiger charge is 2.21. The Hall–Kier alpha value is -1.95. The number of nitrogens with one attached hydrogen (secondary N) is 2. The number of hydrogen-bond acceptors (Lipinski definition) is 3. The molecule has 2 atom stereocenters. The minimum absolute atomic E-state index is 0.0840. The van der Waals surface area contributed by atoms with Crippen molar-refractivity contribution in [1.82, 2.24) is 15.5 Å². The van der Waals surface area contributed by atoms with Crippen LogP contribution in [0.2, 0.25) is 0 Å². The van der Waals surface area contributed by atoms with Crippen LogP contribution in [-0.4, -0.2) is 48.9 Å².